The number of nitrogens with one attached hydrogen (secondary N) is 1. The molecule has 1 heteroatoms. The van der Waals surface area contributed by atoms with E-state index in [1.165, 1.54) is 49.8 Å². The monoisotopic (exact) mass is 217 g/mol. The standard InChI is InChI=1S/C15H23N/c1-2-3-5-13-7-9-14(10-8-13)15-6-4-11-16-12-15/h7-10,15-16H,2-6,11-12H2,1H3. The van der Waals surface area contributed by atoms with E-state index in [4.69, 9.17) is 0 Å². The third-order valence-electron chi connectivity index (χ3n) is 3.57. The van der Waals surface area contributed by atoms with E-state index >= 15 is 0 Å². The van der Waals surface area contributed by atoms with Gasteiger partial charge >= 0.3 is 0 Å². The van der Waals surface area contributed by atoms with Crippen LogP contribution in [0.25, 0.3) is 0 Å². The molecule has 1 nitrogen and oxygen atoms in total. The van der Waals surface area contributed by atoms with Crippen LogP contribution in [0.3, 0.4) is 0 Å². The lowest BCUT2D eigenvalue weighted by molar-refractivity contribution is 0.461. The van der Waals surface area contributed by atoms with E-state index in [0.29, 0.717) is 0 Å². The minimum atomic E-state index is 0.744. The van der Waals surface area contributed by atoms with Crippen LogP contribution in [-0.2, 0) is 6.42 Å². The summed E-state index contributed by atoms with van der Waals surface area (Å²) in [6, 6.07) is 9.31. The number of piperidine rings is 1. The van der Waals surface area contributed by atoms with Crippen molar-refractivity contribution in [3.63, 3.8) is 0 Å². The van der Waals surface area contributed by atoms with Crippen LogP contribution in [0, 0.1) is 0 Å². The second-order valence-electron chi connectivity index (χ2n) is 4.89. The first-order valence-electron chi connectivity index (χ1n) is 6.69. The first-order chi connectivity index (χ1) is 7.90. The zero-order chi connectivity index (χ0) is 11.2. The zero-order valence-corrected chi connectivity index (χ0v) is 10.3. The maximum Gasteiger partial charge on any atom is 0.00201 e. The van der Waals surface area contributed by atoms with Gasteiger partial charge in [-0.15, -0.1) is 0 Å². The quantitative estimate of drug-likeness (QED) is 0.814. The maximum absolute atomic E-state index is 3.48. The molecule has 2 rings (SSSR count). The summed E-state index contributed by atoms with van der Waals surface area (Å²) in [6.07, 6.45) is 6.50. The fourth-order valence-electron chi connectivity index (χ4n) is 2.47. The minimum absolute atomic E-state index is 0.744. The summed E-state index contributed by atoms with van der Waals surface area (Å²) in [4.78, 5) is 0. The van der Waals surface area contributed by atoms with Crippen molar-refractivity contribution in [2.45, 2.75) is 44.9 Å². The molecule has 1 heterocycles. The van der Waals surface area contributed by atoms with Crippen molar-refractivity contribution >= 4 is 0 Å². The van der Waals surface area contributed by atoms with Gasteiger partial charge in [0.1, 0.15) is 0 Å². The molecule has 0 aromatic heterocycles. The van der Waals surface area contributed by atoms with E-state index in [-0.39, 0.29) is 0 Å². The average Bonchev–Trinajstić information content (AvgIpc) is 2.38. The van der Waals surface area contributed by atoms with Gasteiger partial charge in [0.2, 0.25) is 0 Å². The molecule has 1 aliphatic rings. The Hall–Kier alpha value is -0.820. The van der Waals surface area contributed by atoms with Gasteiger partial charge in [0.05, 0.1) is 0 Å². The molecule has 88 valence electrons. The molecule has 0 bridgehead atoms. The van der Waals surface area contributed by atoms with E-state index in [1.54, 1.807) is 0 Å². The van der Waals surface area contributed by atoms with Crippen molar-refractivity contribution in [3.8, 4) is 0 Å². The lowest BCUT2D eigenvalue weighted by Crippen LogP contribution is -2.28. The van der Waals surface area contributed by atoms with Crippen LogP contribution in [0.4, 0.5) is 0 Å². The molecule has 0 aliphatic carbocycles. The van der Waals surface area contributed by atoms with Crippen LogP contribution < -0.4 is 5.32 Å². The SMILES string of the molecule is CCCCc1ccc(C2CCCNC2)cc1. The highest BCUT2D eigenvalue weighted by atomic mass is 14.9. The lowest BCUT2D eigenvalue weighted by Gasteiger charge is -2.23. The van der Waals surface area contributed by atoms with E-state index in [1.807, 2.05) is 0 Å². The van der Waals surface area contributed by atoms with Crippen molar-refractivity contribution in [2.75, 3.05) is 13.1 Å². The zero-order valence-electron chi connectivity index (χ0n) is 10.3. The smallest absolute Gasteiger partial charge is 0.00201 e. The molecule has 1 N–H and O–H groups in total. The van der Waals surface area contributed by atoms with Crippen molar-refractivity contribution < 1.29 is 0 Å². The number of rotatable bonds is 4. The molecule has 1 saturated heterocycles. The molecule has 1 aliphatic heterocycles. The Kier molecular flexibility index (Phi) is 4.41. The molecule has 16 heavy (non-hydrogen) atoms. The first-order valence-corrected chi connectivity index (χ1v) is 6.69. The molecule has 0 radical (unpaired) electrons. The third kappa shape index (κ3) is 3.08. The van der Waals surface area contributed by atoms with Crippen molar-refractivity contribution in [1.82, 2.24) is 5.32 Å². The predicted octanol–water partition coefficient (Wildman–Crippen LogP) is 3.50. The predicted molar refractivity (Wildman–Crippen MR) is 69.9 cm³/mol. The first kappa shape index (κ1) is 11.7. The van der Waals surface area contributed by atoms with Gasteiger partial charge in [-0.2, -0.15) is 0 Å². The summed E-state index contributed by atoms with van der Waals surface area (Å²) in [6.45, 7) is 4.61. The topological polar surface area (TPSA) is 12.0 Å². The molecular formula is C15H23N. The number of hydrogen-bond acceptors (Lipinski definition) is 1. The number of unbranched alkanes of at least 4 members (excludes halogenated alkanes) is 1. The highest BCUT2D eigenvalue weighted by Gasteiger charge is 2.14. The highest BCUT2D eigenvalue weighted by molar-refractivity contribution is 5.26. The van der Waals surface area contributed by atoms with Crippen LogP contribution in [0.2, 0.25) is 0 Å². The summed E-state index contributed by atoms with van der Waals surface area (Å²) >= 11 is 0. The fraction of sp³-hybridized carbons (Fsp3) is 0.600. The third-order valence-corrected chi connectivity index (χ3v) is 3.57. The Bertz CT molecular complexity index is 296. The summed E-state index contributed by atoms with van der Waals surface area (Å²) in [5, 5.41) is 3.48. The van der Waals surface area contributed by atoms with Gasteiger partial charge in [-0.1, -0.05) is 37.6 Å². The summed E-state index contributed by atoms with van der Waals surface area (Å²) in [5.41, 5.74) is 3.02. The molecule has 1 fully saturated rings. The molecule has 1 aromatic carbocycles. The van der Waals surface area contributed by atoms with Gasteiger partial charge in [-0.05, 0) is 49.3 Å². The van der Waals surface area contributed by atoms with Crippen LogP contribution in [0.1, 0.15) is 49.7 Å². The Morgan fingerprint density at radius 2 is 2.06 bits per heavy atom. The van der Waals surface area contributed by atoms with Gasteiger partial charge < -0.3 is 5.32 Å². The molecular weight excluding hydrogens is 194 g/mol. The van der Waals surface area contributed by atoms with Gasteiger partial charge in [0.25, 0.3) is 0 Å². The lowest BCUT2D eigenvalue weighted by atomic mass is 9.91. The average molecular weight is 217 g/mol. The molecule has 1 atom stereocenters. The molecule has 0 spiro atoms. The van der Waals surface area contributed by atoms with Gasteiger partial charge in [-0.3, -0.25) is 0 Å². The van der Waals surface area contributed by atoms with Gasteiger partial charge in [0, 0.05) is 6.54 Å². The molecule has 1 aromatic rings. The normalized spacial score (nSPS) is 20.9. The van der Waals surface area contributed by atoms with E-state index in [2.05, 4.69) is 36.5 Å². The molecule has 1 unspecified atom stereocenters. The van der Waals surface area contributed by atoms with Crippen molar-refractivity contribution in [3.05, 3.63) is 35.4 Å². The maximum atomic E-state index is 3.48. The van der Waals surface area contributed by atoms with E-state index < -0.39 is 0 Å². The van der Waals surface area contributed by atoms with Crippen LogP contribution in [-0.4, -0.2) is 13.1 Å². The Morgan fingerprint density at radius 1 is 1.25 bits per heavy atom. The largest absolute Gasteiger partial charge is 0.316 e. The Labute approximate surface area is 99.3 Å². The second kappa shape index (κ2) is 6.05. The van der Waals surface area contributed by atoms with Crippen LogP contribution >= 0.6 is 0 Å². The fourth-order valence-corrected chi connectivity index (χ4v) is 2.47. The second-order valence-corrected chi connectivity index (χ2v) is 4.89. The summed E-state index contributed by atoms with van der Waals surface area (Å²) in [5.74, 6) is 0.744. The highest BCUT2D eigenvalue weighted by Crippen LogP contribution is 2.23. The van der Waals surface area contributed by atoms with E-state index in [9.17, 15) is 0 Å². The van der Waals surface area contributed by atoms with Crippen LogP contribution in [0.15, 0.2) is 24.3 Å². The Balaban J connectivity index is 1.95. The summed E-state index contributed by atoms with van der Waals surface area (Å²) < 4.78 is 0. The van der Waals surface area contributed by atoms with Crippen molar-refractivity contribution in [1.29, 1.82) is 0 Å². The van der Waals surface area contributed by atoms with Gasteiger partial charge in [0.15, 0.2) is 0 Å². The van der Waals surface area contributed by atoms with Gasteiger partial charge in [-0.25, -0.2) is 0 Å². The molecule has 0 amide bonds. The number of benzene rings is 1. The van der Waals surface area contributed by atoms with E-state index in [0.717, 1.165) is 12.5 Å². The number of aryl methyl sites for hydroxylation is 1. The van der Waals surface area contributed by atoms with Crippen molar-refractivity contribution in [2.24, 2.45) is 0 Å². The number of hydrogen-bond donors (Lipinski definition) is 1. The molecule has 0 saturated carbocycles. The van der Waals surface area contributed by atoms with Crippen LogP contribution in [0.5, 0.6) is 0 Å². The minimum Gasteiger partial charge on any atom is -0.316 e. The summed E-state index contributed by atoms with van der Waals surface area (Å²) in [7, 11) is 0. The Morgan fingerprint density at radius 3 is 2.69 bits per heavy atom.